The molecule has 0 saturated heterocycles. The van der Waals surface area contributed by atoms with Crippen LogP contribution in [0, 0.1) is 11.3 Å². The lowest BCUT2D eigenvalue weighted by molar-refractivity contribution is -0.113. The molecule has 1 aliphatic carbocycles. The predicted molar refractivity (Wildman–Crippen MR) is 98.5 cm³/mol. The van der Waals surface area contributed by atoms with Gasteiger partial charge in [-0.15, -0.1) is 11.3 Å². The van der Waals surface area contributed by atoms with Crippen LogP contribution in [0.15, 0.2) is 29.4 Å². The first-order chi connectivity index (χ1) is 11.8. The molecule has 0 saturated carbocycles. The first-order valence-electron chi connectivity index (χ1n) is 8.16. The summed E-state index contributed by atoms with van der Waals surface area (Å²) in [4.78, 5) is 17.7. The van der Waals surface area contributed by atoms with Crippen LogP contribution in [0.25, 0.3) is 0 Å². The third kappa shape index (κ3) is 4.16. The van der Waals surface area contributed by atoms with Gasteiger partial charge in [0.1, 0.15) is 11.1 Å². The number of anilines is 1. The van der Waals surface area contributed by atoms with Crippen LogP contribution in [-0.2, 0) is 17.6 Å². The summed E-state index contributed by atoms with van der Waals surface area (Å²) in [5.74, 6) is 0.209. The summed E-state index contributed by atoms with van der Waals surface area (Å²) in [6, 6.07) is 7.95. The number of pyridine rings is 1. The molecule has 2 aromatic rings. The normalized spacial score (nSPS) is 14.1. The lowest BCUT2D eigenvalue weighted by Crippen LogP contribution is -2.14. The minimum atomic E-state index is -0.0867. The zero-order chi connectivity index (χ0) is 16.8. The van der Waals surface area contributed by atoms with E-state index in [0.29, 0.717) is 11.3 Å². The maximum atomic E-state index is 12.2. The minimum absolute atomic E-state index is 0.0867. The van der Waals surface area contributed by atoms with E-state index in [0.717, 1.165) is 34.9 Å². The van der Waals surface area contributed by atoms with E-state index in [1.165, 1.54) is 35.9 Å². The number of thiophene rings is 1. The molecular formula is C18H19N3OS2. The number of hydrogen-bond donors (Lipinski definition) is 1. The van der Waals surface area contributed by atoms with Gasteiger partial charge in [0.25, 0.3) is 0 Å². The fraction of sp³-hybridized carbons (Fsp3) is 0.389. The third-order valence-corrected chi connectivity index (χ3v) is 6.18. The minimum Gasteiger partial charge on any atom is -0.316 e. The Kier molecular flexibility index (Phi) is 5.89. The molecule has 0 fully saturated rings. The zero-order valence-electron chi connectivity index (χ0n) is 13.4. The average molecular weight is 358 g/mol. The van der Waals surface area contributed by atoms with Crippen molar-refractivity contribution in [3.05, 3.63) is 40.4 Å². The molecular weight excluding hydrogens is 338 g/mol. The molecule has 1 aliphatic rings. The fourth-order valence-corrected chi connectivity index (χ4v) is 4.78. The molecule has 0 radical (unpaired) electrons. The van der Waals surface area contributed by atoms with Crippen LogP contribution < -0.4 is 5.32 Å². The Morgan fingerprint density at radius 1 is 1.29 bits per heavy atom. The lowest BCUT2D eigenvalue weighted by Gasteiger charge is -2.08. The number of amides is 1. The van der Waals surface area contributed by atoms with Crippen LogP contribution in [0.5, 0.6) is 0 Å². The van der Waals surface area contributed by atoms with E-state index in [1.54, 1.807) is 17.5 Å². The molecule has 6 heteroatoms. The molecule has 2 aromatic heterocycles. The molecule has 2 heterocycles. The molecule has 0 aliphatic heterocycles. The number of aromatic nitrogens is 1. The Hall–Kier alpha value is -1.84. The summed E-state index contributed by atoms with van der Waals surface area (Å²) in [6.45, 7) is 0. The molecule has 1 N–H and O–H groups in total. The summed E-state index contributed by atoms with van der Waals surface area (Å²) in [7, 11) is 0. The number of nitriles is 1. The first-order valence-corrected chi connectivity index (χ1v) is 9.96. The summed E-state index contributed by atoms with van der Waals surface area (Å²) >= 11 is 2.98. The number of nitrogens with zero attached hydrogens (tertiary/aromatic N) is 2. The number of thioether (sulfide) groups is 1. The van der Waals surface area contributed by atoms with E-state index in [1.807, 2.05) is 18.2 Å². The molecule has 124 valence electrons. The Morgan fingerprint density at radius 2 is 2.12 bits per heavy atom. The maximum absolute atomic E-state index is 12.2. The Labute approximate surface area is 150 Å². The van der Waals surface area contributed by atoms with Crippen molar-refractivity contribution in [1.29, 1.82) is 5.26 Å². The van der Waals surface area contributed by atoms with Gasteiger partial charge in [-0.25, -0.2) is 4.98 Å². The number of rotatable bonds is 4. The predicted octanol–water partition coefficient (Wildman–Crippen LogP) is 4.40. The maximum Gasteiger partial charge on any atom is 0.235 e. The van der Waals surface area contributed by atoms with Crippen molar-refractivity contribution in [2.75, 3.05) is 11.1 Å². The second-order valence-corrected chi connectivity index (χ2v) is 7.84. The Balaban J connectivity index is 1.69. The molecule has 0 atom stereocenters. The molecule has 24 heavy (non-hydrogen) atoms. The molecule has 0 bridgehead atoms. The van der Waals surface area contributed by atoms with Crippen molar-refractivity contribution in [3.63, 3.8) is 0 Å². The van der Waals surface area contributed by atoms with Crippen molar-refractivity contribution in [1.82, 2.24) is 4.98 Å². The number of nitrogens with one attached hydrogen (secondary N) is 1. The molecule has 1 amide bonds. The molecule has 0 spiro atoms. The second-order valence-electron chi connectivity index (χ2n) is 5.74. The standard InChI is InChI=1S/C18H19N3OS2/c19-11-14-13-7-3-1-2-4-8-15(13)24-18(14)21-16(22)12-23-17-9-5-6-10-20-17/h5-6,9-10H,1-4,7-8,12H2,(H,21,22). The highest BCUT2D eigenvalue weighted by Crippen LogP contribution is 2.36. The number of fused-ring (bicyclic) bond motifs is 1. The lowest BCUT2D eigenvalue weighted by atomic mass is 9.97. The third-order valence-electron chi connectivity index (χ3n) is 4.02. The largest absolute Gasteiger partial charge is 0.316 e. The summed E-state index contributed by atoms with van der Waals surface area (Å²) in [5.41, 5.74) is 1.84. The Bertz CT molecular complexity index is 750. The van der Waals surface area contributed by atoms with Gasteiger partial charge in [0.15, 0.2) is 0 Å². The van der Waals surface area contributed by atoms with Gasteiger partial charge in [0, 0.05) is 11.1 Å². The Morgan fingerprint density at radius 3 is 2.88 bits per heavy atom. The van der Waals surface area contributed by atoms with Crippen molar-refractivity contribution < 1.29 is 4.79 Å². The first kappa shape index (κ1) is 17.0. The smallest absolute Gasteiger partial charge is 0.235 e. The average Bonchev–Trinajstić information content (AvgIpc) is 2.89. The highest BCUT2D eigenvalue weighted by molar-refractivity contribution is 7.99. The summed E-state index contributed by atoms with van der Waals surface area (Å²) in [5, 5.41) is 14.0. The topological polar surface area (TPSA) is 65.8 Å². The summed E-state index contributed by atoms with van der Waals surface area (Å²) in [6.07, 6.45) is 8.46. The highest BCUT2D eigenvalue weighted by Gasteiger charge is 2.20. The van der Waals surface area contributed by atoms with Crippen LogP contribution >= 0.6 is 23.1 Å². The van der Waals surface area contributed by atoms with Crippen LogP contribution in [-0.4, -0.2) is 16.6 Å². The fourth-order valence-electron chi connectivity index (χ4n) is 2.86. The zero-order valence-corrected chi connectivity index (χ0v) is 15.0. The van der Waals surface area contributed by atoms with Gasteiger partial charge in [0.05, 0.1) is 16.3 Å². The van der Waals surface area contributed by atoms with Gasteiger partial charge in [-0.1, -0.05) is 30.7 Å². The van der Waals surface area contributed by atoms with E-state index >= 15 is 0 Å². The van der Waals surface area contributed by atoms with Gasteiger partial charge in [-0.2, -0.15) is 5.26 Å². The van der Waals surface area contributed by atoms with Crippen molar-refractivity contribution in [3.8, 4) is 6.07 Å². The van der Waals surface area contributed by atoms with Crippen LogP contribution in [0.3, 0.4) is 0 Å². The van der Waals surface area contributed by atoms with Crippen LogP contribution in [0.4, 0.5) is 5.00 Å². The van der Waals surface area contributed by atoms with Crippen molar-refractivity contribution >= 4 is 34.0 Å². The van der Waals surface area contributed by atoms with E-state index < -0.39 is 0 Å². The van der Waals surface area contributed by atoms with Crippen molar-refractivity contribution in [2.24, 2.45) is 0 Å². The van der Waals surface area contributed by atoms with Crippen LogP contribution in [0.2, 0.25) is 0 Å². The van der Waals surface area contributed by atoms with E-state index in [-0.39, 0.29) is 5.91 Å². The van der Waals surface area contributed by atoms with Gasteiger partial charge < -0.3 is 5.32 Å². The molecule has 0 unspecified atom stereocenters. The van der Waals surface area contributed by atoms with Gasteiger partial charge >= 0.3 is 0 Å². The highest BCUT2D eigenvalue weighted by atomic mass is 32.2. The number of aryl methyl sites for hydroxylation is 1. The van der Waals surface area contributed by atoms with Gasteiger partial charge in [0.2, 0.25) is 5.91 Å². The molecule has 3 rings (SSSR count). The number of carbonyl (C=O) groups is 1. The van der Waals surface area contributed by atoms with Crippen molar-refractivity contribution in [2.45, 2.75) is 43.6 Å². The summed E-state index contributed by atoms with van der Waals surface area (Å²) < 4.78 is 0. The number of carbonyl (C=O) groups excluding carboxylic acids is 1. The number of hydrogen-bond acceptors (Lipinski definition) is 5. The molecule has 0 aromatic carbocycles. The second kappa shape index (κ2) is 8.32. The van der Waals surface area contributed by atoms with Crippen LogP contribution in [0.1, 0.15) is 41.7 Å². The van der Waals surface area contributed by atoms with E-state index in [4.69, 9.17) is 0 Å². The molecule has 4 nitrogen and oxygen atoms in total. The van der Waals surface area contributed by atoms with Gasteiger partial charge in [-0.3, -0.25) is 4.79 Å². The SMILES string of the molecule is N#Cc1c(NC(=O)CSc2ccccn2)sc2c1CCCCCC2. The van der Waals surface area contributed by atoms with E-state index in [2.05, 4.69) is 16.4 Å². The van der Waals surface area contributed by atoms with Gasteiger partial charge in [-0.05, 0) is 43.4 Å². The van der Waals surface area contributed by atoms with E-state index in [9.17, 15) is 10.1 Å². The quantitative estimate of drug-likeness (QED) is 0.824. The monoisotopic (exact) mass is 357 g/mol.